The number of ether oxygens (including phenoxy) is 2. The lowest BCUT2D eigenvalue weighted by molar-refractivity contribution is 0.493. The van der Waals surface area contributed by atoms with Crippen molar-refractivity contribution >= 4 is 46.3 Å². The molecule has 0 radical (unpaired) electrons. The molecule has 0 N–H and O–H groups in total. The van der Waals surface area contributed by atoms with Gasteiger partial charge in [0, 0.05) is 33.8 Å². The number of thiocarbonyl (C=S) groups is 2. The Kier molecular flexibility index (Phi) is 29.5. The third-order valence-electron chi connectivity index (χ3n) is 12.3. The molecule has 0 unspecified atom stereocenters. The zero-order valence-corrected chi connectivity index (χ0v) is 44.0. The number of hydrogen-bond acceptors (Lipinski definition) is 5. The molecule has 0 aromatic heterocycles. The Balaban J connectivity index is 1.87. The Bertz CT molecular complexity index is 1390. The van der Waals surface area contributed by atoms with Gasteiger partial charge < -0.3 is 9.47 Å². The van der Waals surface area contributed by atoms with Gasteiger partial charge in [-0.15, -0.1) is 0 Å². The first kappa shape index (κ1) is 55.7. The second-order valence-corrected chi connectivity index (χ2v) is 22.5. The summed E-state index contributed by atoms with van der Waals surface area (Å²) >= 11 is 13.5. The van der Waals surface area contributed by atoms with E-state index in [-0.39, 0.29) is 10.8 Å². The summed E-state index contributed by atoms with van der Waals surface area (Å²) in [6.45, 7) is 22.6. The van der Waals surface area contributed by atoms with Gasteiger partial charge in [-0.25, -0.2) is 0 Å². The third-order valence-corrected chi connectivity index (χ3v) is 14.2. The second kappa shape index (κ2) is 32.3. The van der Waals surface area contributed by atoms with Gasteiger partial charge in [-0.2, -0.15) is 0 Å². The first-order chi connectivity index (χ1) is 29.2. The van der Waals surface area contributed by atoms with Crippen molar-refractivity contribution in [1.82, 2.24) is 0 Å². The molecule has 2 rings (SSSR count). The Hall–Kier alpha value is -1.43. The summed E-state index contributed by atoms with van der Waals surface area (Å²) in [5, 5.41) is 1.43. The van der Waals surface area contributed by atoms with Gasteiger partial charge in [0.15, 0.2) is 10.1 Å². The molecule has 0 aliphatic rings. The normalized spacial score (nSPS) is 12.0. The van der Waals surface area contributed by atoms with E-state index in [0.717, 1.165) is 37.2 Å². The number of benzene rings is 2. The lowest BCUT2D eigenvalue weighted by Crippen LogP contribution is -2.16. The molecule has 5 heteroatoms. The first-order valence-corrected chi connectivity index (χ1v) is 27.2. The largest absolute Gasteiger partial charge is 0.450 e. The predicted molar refractivity (Wildman–Crippen MR) is 280 cm³/mol. The van der Waals surface area contributed by atoms with E-state index in [1.165, 1.54) is 199 Å². The lowest BCUT2D eigenvalue weighted by atomic mass is 9.85. The van der Waals surface area contributed by atoms with E-state index in [4.69, 9.17) is 33.9 Å². The fourth-order valence-electron chi connectivity index (χ4n) is 8.28. The second-order valence-electron chi connectivity index (χ2n) is 20.5. The molecule has 0 atom stereocenters. The summed E-state index contributed by atoms with van der Waals surface area (Å²) in [5.41, 5.74) is 4.64. The van der Waals surface area contributed by atoms with Crippen LogP contribution in [-0.4, -0.2) is 10.1 Å². The standard InChI is InChI=1S/C56H94O2S3/c1-11-13-15-17-19-21-23-25-27-29-31-33-35-37-39-53(59)57-49-41-45(3)51(43-47(49)55(5,6)7)61-52-44-48(56(8,9)10)50(42-46(52)4)58-54(60)40-38-36-34-32-30-28-26-24-22-20-18-16-14-12-2/h41-44H,11-40H2,1-10H3. The number of unbranched alkanes of at least 4 members (excludes halogenated alkanes) is 26. The van der Waals surface area contributed by atoms with Crippen molar-refractivity contribution in [2.45, 2.75) is 282 Å². The van der Waals surface area contributed by atoms with E-state index in [9.17, 15) is 0 Å². The Labute approximate surface area is 394 Å². The van der Waals surface area contributed by atoms with Crippen molar-refractivity contribution in [2.24, 2.45) is 0 Å². The van der Waals surface area contributed by atoms with Crippen molar-refractivity contribution in [3.05, 3.63) is 46.5 Å². The number of hydrogen-bond donors (Lipinski definition) is 0. The van der Waals surface area contributed by atoms with Gasteiger partial charge in [-0.3, -0.25) is 0 Å². The molecule has 0 spiro atoms. The van der Waals surface area contributed by atoms with E-state index in [1.54, 1.807) is 0 Å². The van der Waals surface area contributed by atoms with Crippen LogP contribution < -0.4 is 9.47 Å². The molecule has 2 aromatic rings. The van der Waals surface area contributed by atoms with Crippen molar-refractivity contribution in [1.29, 1.82) is 0 Å². The van der Waals surface area contributed by atoms with E-state index in [2.05, 4.69) is 93.5 Å². The summed E-state index contributed by atoms with van der Waals surface area (Å²) in [4.78, 5) is 2.50. The van der Waals surface area contributed by atoms with Gasteiger partial charge in [0.2, 0.25) is 0 Å². The van der Waals surface area contributed by atoms with Crippen LogP contribution >= 0.6 is 36.2 Å². The highest BCUT2D eigenvalue weighted by Crippen LogP contribution is 2.43. The maximum absolute atomic E-state index is 6.49. The molecule has 0 aliphatic heterocycles. The van der Waals surface area contributed by atoms with Gasteiger partial charge in [0.05, 0.1) is 0 Å². The molecule has 0 bridgehead atoms. The smallest absolute Gasteiger partial charge is 0.167 e. The summed E-state index contributed by atoms with van der Waals surface area (Å²) in [7, 11) is 0. The molecule has 0 saturated carbocycles. The third kappa shape index (κ3) is 25.0. The average molecular weight is 896 g/mol. The van der Waals surface area contributed by atoms with Gasteiger partial charge in [-0.05, 0) is 97.3 Å². The summed E-state index contributed by atoms with van der Waals surface area (Å²) in [6.07, 6.45) is 39.8. The van der Waals surface area contributed by atoms with Crippen molar-refractivity contribution in [3.63, 3.8) is 0 Å². The topological polar surface area (TPSA) is 18.5 Å². The van der Waals surface area contributed by atoms with Crippen LogP contribution in [0.25, 0.3) is 0 Å². The van der Waals surface area contributed by atoms with E-state index in [0.29, 0.717) is 10.1 Å². The maximum atomic E-state index is 6.49. The van der Waals surface area contributed by atoms with Gasteiger partial charge in [-0.1, -0.05) is 234 Å². The summed E-state index contributed by atoms with van der Waals surface area (Å²) < 4.78 is 13.0. The number of aryl methyl sites for hydroxylation is 2. The minimum Gasteiger partial charge on any atom is -0.450 e. The molecule has 2 nitrogen and oxygen atoms in total. The average Bonchev–Trinajstić information content (AvgIpc) is 3.19. The fourth-order valence-corrected chi connectivity index (χ4v) is 9.78. The lowest BCUT2D eigenvalue weighted by Gasteiger charge is -2.26. The minimum atomic E-state index is -0.0883. The van der Waals surface area contributed by atoms with Crippen LogP contribution in [0.5, 0.6) is 11.5 Å². The zero-order valence-electron chi connectivity index (χ0n) is 41.6. The molecular weight excluding hydrogens is 801 g/mol. The number of rotatable bonds is 34. The SMILES string of the molecule is CCCCCCCCCCCCCCCCC(=S)Oc1cc(C)c(Sc2cc(C(C)(C)C)c(OC(=S)CCCCCCCCCCCCCCCC)cc2C)cc1C(C)(C)C. The zero-order chi connectivity index (χ0) is 44.9. The Morgan fingerprint density at radius 2 is 0.656 bits per heavy atom. The van der Waals surface area contributed by atoms with Gasteiger partial charge in [0.1, 0.15) is 11.5 Å². The predicted octanol–water partition coefficient (Wildman–Crippen LogP) is 20.2. The molecule has 0 amide bonds. The molecule has 348 valence electrons. The van der Waals surface area contributed by atoms with Crippen LogP contribution in [0, 0.1) is 13.8 Å². The fraction of sp³-hybridized carbons (Fsp3) is 0.750. The minimum absolute atomic E-state index is 0.0883. The van der Waals surface area contributed by atoms with Crippen LogP contribution in [0.1, 0.15) is 270 Å². The molecule has 0 aliphatic carbocycles. The van der Waals surface area contributed by atoms with Crippen LogP contribution in [0.2, 0.25) is 0 Å². The van der Waals surface area contributed by atoms with Crippen LogP contribution in [0.4, 0.5) is 0 Å². The summed E-state index contributed by atoms with van der Waals surface area (Å²) in [5.74, 6) is 1.82. The van der Waals surface area contributed by atoms with Crippen LogP contribution in [0.3, 0.4) is 0 Å². The molecule has 0 heterocycles. The highest BCUT2D eigenvalue weighted by molar-refractivity contribution is 7.99. The van der Waals surface area contributed by atoms with Crippen molar-refractivity contribution < 1.29 is 9.47 Å². The quantitative estimate of drug-likeness (QED) is 0.0513. The molecule has 2 aromatic carbocycles. The molecule has 0 fully saturated rings. The van der Waals surface area contributed by atoms with E-state index in [1.807, 2.05) is 11.8 Å². The van der Waals surface area contributed by atoms with Gasteiger partial charge >= 0.3 is 0 Å². The Morgan fingerprint density at radius 1 is 0.410 bits per heavy atom. The molecule has 0 saturated heterocycles. The van der Waals surface area contributed by atoms with Crippen LogP contribution in [0.15, 0.2) is 34.1 Å². The van der Waals surface area contributed by atoms with E-state index >= 15 is 0 Å². The summed E-state index contributed by atoms with van der Waals surface area (Å²) in [6, 6.07) is 9.12. The van der Waals surface area contributed by atoms with Gasteiger partial charge in [0.25, 0.3) is 0 Å². The van der Waals surface area contributed by atoms with Crippen molar-refractivity contribution in [3.8, 4) is 11.5 Å². The first-order valence-electron chi connectivity index (χ1n) is 25.6. The van der Waals surface area contributed by atoms with E-state index < -0.39 is 0 Å². The molecule has 61 heavy (non-hydrogen) atoms. The Morgan fingerprint density at radius 3 is 0.902 bits per heavy atom. The highest BCUT2D eigenvalue weighted by Gasteiger charge is 2.25. The van der Waals surface area contributed by atoms with Crippen molar-refractivity contribution in [2.75, 3.05) is 0 Å². The monoisotopic (exact) mass is 895 g/mol. The molecular formula is C56H94O2S3. The highest BCUT2D eigenvalue weighted by atomic mass is 32.2. The maximum Gasteiger partial charge on any atom is 0.167 e. The van der Waals surface area contributed by atoms with Crippen LogP contribution in [-0.2, 0) is 10.8 Å².